The fourth-order valence-electron chi connectivity index (χ4n) is 3.54. The zero-order valence-corrected chi connectivity index (χ0v) is 18.3. The molecule has 1 aliphatic rings. The van der Waals surface area contributed by atoms with Crippen molar-refractivity contribution in [1.82, 2.24) is 25.0 Å². The summed E-state index contributed by atoms with van der Waals surface area (Å²) in [6.45, 7) is 5.76. The molecule has 3 aromatic heterocycles. The molecule has 0 aromatic carbocycles. The van der Waals surface area contributed by atoms with Crippen molar-refractivity contribution in [3.05, 3.63) is 52.8 Å². The zero-order chi connectivity index (χ0) is 21.3. The van der Waals surface area contributed by atoms with Crippen LogP contribution in [0.25, 0.3) is 11.5 Å². The van der Waals surface area contributed by atoms with Crippen molar-refractivity contribution in [3.63, 3.8) is 0 Å². The Morgan fingerprint density at radius 2 is 2.00 bits per heavy atom. The van der Waals surface area contributed by atoms with Crippen molar-refractivity contribution in [2.24, 2.45) is 0 Å². The van der Waals surface area contributed by atoms with E-state index in [9.17, 15) is 4.79 Å². The molecule has 8 nitrogen and oxygen atoms in total. The minimum atomic E-state index is 0.0917. The van der Waals surface area contributed by atoms with Gasteiger partial charge in [0, 0.05) is 68.9 Å². The van der Waals surface area contributed by atoms with Crippen LogP contribution in [0.5, 0.6) is 0 Å². The molecule has 1 fully saturated rings. The molecule has 0 atom stereocenters. The molecule has 31 heavy (non-hydrogen) atoms. The number of morpholine rings is 1. The van der Waals surface area contributed by atoms with Gasteiger partial charge in [-0.2, -0.15) is 11.3 Å². The highest BCUT2D eigenvalue weighted by atomic mass is 32.1. The van der Waals surface area contributed by atoms with Crippen LogP contribution >= 0.6 is 11.3 Å². The summed E-state index contributed by atoms with van der Waals surface area (Å²) in [5.74, 6) is 1.09. The van der Waals surface area contributed by atoms with Gasteiger partial charge in [0.05, 0.1) is 13.2 Å². The Morgan fingerprint density at radius 3 is 2.77 bits per heavy atom. The minimum Gasteiger partial charge on any atom is -0.421 e. The van der Waals surface area contributed by atoms with E-state index in [-0.39, 0.29) is 5.91 Å². The number of carbonyl (C=O) groups excluding carboxylic acids is 1. The van der Waals surface area contributed by atoms with Crippen molar-refractivity contribution in [3.8, 4) is 11.5 Å². The third-order valence-electron chi connectivity index (χ3n) is 5.27. The topological polar surface area (TPSA) is 84.6 Å². The van der Waals surface area contributed by atoms with Crippen LogP contribution in [0.4, 0.5) is 0 Å². The molecule has 0 radical (unpaired) electrons. The lowest BCUT2D eigenvalue weighted by molar-refractivity contribution is -0.132. The minimum absolute atomic E-state index is 0.0917. The van der Waals surface area contributed by atoms with E-state index in [0.717, 1.165) is 50.4 Å². The lowest BCUT2D eigenvalue weighted by Crippen LogP contribution is -2.39. The average Bonchev–Trinajstić information content (AvgIpc) is 3.50. The van der Waals surface area contributed by atoms with Gasteiger partial charge in [0.15, 0.2) is 0 Å². The maximum absolute atomic E-state index is 13.0. The molecule has 0 bridgehead atoms. The van der Waals surface area contributed by atoms with Crippen LogP contribution in [0.1, 0.15) is 24.3 Å². The molecule has 4 heterocycles. The number of pyridine rings is 1. The standard InChI is InChI=1S/C22H27N5O3S/c28-21(3-2-20-24-25-22(30-20)19-6-15-31-17-19)27(16-18-4-7-23-8-5-18)10-1-9-26-11-13-29-14-12-26/h4-8,15,17H,1-3,9-14,16H2. The van der Waals surface area contributed by atoms with Gasteiger partial charge in [-0.1, -0.05) is 0 Å². The molecule has 1 aliphatic heterocycles. The molecule has 0 unspecified atom stereocenters. The summed E-state index contributed by atoms with van der Waals surface area (Å²) in [5.41, 5.74) is 1.99. The van der Waals surface area contributed by atoms with Gasteiger partial charge in [0.2, 0.25) is 17.7 Å². The van der Waals surface area contributed by atoms with Crippen molar-refractivity contribution in [1.29, 1.82) is 0 Å². The molecule has 164 valence electrons. The van der Waals surface area contributed by atoms with Gasteiger partial charge < -0.3 is 14.1 Å². The second-order valence-electron chi connectivity index (χ2n) is 7.49. The summed E-state index contributed by atoms with van der Waals surface area (Å²) in [5, 5.41) is 12.1. The Balaban J connectivity index is 1.32. The normalized spacial score (nSPS) is 14.6. The molecular formula is C22H27N5O3S. The smallest absolute Gasteiger partial charge is 0.248 e. The highest BCUT2D eigenvalue weighted by Gasteiger charge is 2.17. The van der Waals surface area contributed by atoms with Crippen LogP contribution in [-0.2, 0) is 22.5 Å². The number of aromatic nitrogens is 3. The van der Waals surface area contributed by atoms with Crippen molar-refractivity contribution < 1.29 is 13.9 Å². The summed E-state index contributed by atoms with van der Waals surface area (Å²) >= 11 is 1.58. The number of rotatable bonds is 10. The molecule has 4 rings (SSSR count). The Kier molecular flexibility index (Phi) is 7.76. The van der Waals surface area contributed by atoms with Crippen molar-refractivity contribution in [2.45, 2.75) is 25.8 Å². The Morgan fingerprint density at radius 1 is 1.16 bits per heavy atom. The molecule has 0 aliphatic carbocycles. The van der Waals surface area contributed by atoms with Gasteiger partial charge in [-0.05, 0) is 35.6 Å². The van der Waals surface area contributed by atoms with Gasteiger partial charge in [0.1, 0.15) is 0 Å². The third-order valence-corrected chi connectivity index (χ3v) is 5.95. The fourth-order valence-corrected chi connectivity index (χ4v) is 4.17. The number of hydrogen-bond acceptors (Lipinski definition) is 8. The molecular weight excluding hydrogens is 414 g/mol. The van der Waals surface area contributed by atoms with E-state index in [1.54, 1.807) is 23.7 Å². The number of thiophene rings is 1. The average molecular weight is 442 g/mol. The van der Waals surface area contributed by atoms with E-state index in [0.29, 0.717) is 37.7 Å². The summed E-state index contributed by atoms with van der Waals surface area (Å²) in [4.78, 5) is 21.4. The van der Waals surface area contributed by atoms with E-state index in [1.807, 2.05) is 33.9 Å². The predicted octanol–water partition coefficient (Wildman–Crippen LogP) is 2.88. The molecule has 1 amide bonds. The van der Waals surface area contributed by atoms with E-state index in [1.165, 1.54) is 0 Å². The molecule has 0 saturated carbocycles. The van der Waals surface area contributed by atoms with Crippen LogP contribution < -0.4 is 0 Å². The number of amides is 1. The SMILES string of the molecule is O=C(CCc1nnc(-c2ccsc2)o1)N(CCCN1CCOCC1)Cc1ccncc1. The summed E-state index contributed by atoms with van der Waals surface area (Å²) in [6, 6.07) is 5.85. The number of hydrogen-bond donors (Lipinski definition) is 0. The number of aryl methyl sites for hydroxylation is 1. The largest absolute Gasteiger partial charge is 0.421 e. The Labute approximate surface area is 185 Å². The van der Waals surface area contributed by atoms with Crippen LogP contribution in [0, 0.1) is 0 Å². The first-order valence-electron chi connectivity index (χ1n) is 10.6. The van der Waals surface area contributed by atoms with Crippen LogP contribution in [0.2, 0.25) is 0 Å². The fraction of sp³-hybridized carbons (Fsp3) is 0.455. The number of ether oxygens (including phenoxy) is 1. The first-order chi connectivity index (χ1) is 15.3. The second-order valence-corrected chi connectivity index (χ2v) is 8.27. The second kappa shape index (κ2) is 11.1. The first kappa shape index (κ1) is 21.6. The molecule has 0 spiro atoms. The van der Waals surface area contributed by atoms with Crippen molar-refractivity contribution >= 4 is 17.2 Å². The number of carbonyl (C=O) groups is 1. The van der Waals surface area contributed by atoms with Crippen LogP contribution in [0.3, 0.4) is 0 Å². The maximum Gasteiger partial charge on any atom is 0.248 e. The van der Waals surface area contributed by atoms with E-state index >= 15 is 0 Å². The third kappa shape index (κ3) is 6.43. The molecule has 9 heteroatoms. The van der Waals surface area contributed by atoms with Gasteiger partial charge in [-0.15, -0.1) is 10.2 Å². The maximum atomic E-state index is 13.0. The molecule has 3 aromatic rings. The Bertz CT molecular complexity index is 926. The monoisotopic (exact) mass is 441 g/mol. The van der Waals surface area contributed by atoms with Gasteiger partial charge in [-0.3, -0.25) is 14.7 Å². The predicted molar refractivity (Wildman–Crippen MR) is 117 cm³/mol. The quantitative estimate of drug-likeness (QED) is 0.478. The summed E-state index contributed by atoms with van der Waals surface area (Å²) in [7, 11) is 0. The molecule has 0 N–H and O–H groups in total. The van der Waals surface area contributed by atoms with Crippen LogP contribution in [-0.4, -0.2) is 70.3 Å². The summed E-state index contributed by atoms with van der Waals surface area (Å²) in [6.07, 6.45) is 5.23. The van der Waals surface area contributed by atoms with Gasteiger partial charge >= 0.3 is 0 Å². The number of nitrogens with zero attached hydrogens (tertiary/aromatic N) is 5. The van der Waals surface area contributed by atoms with Gasteiger partial charge in [-0.25, -0.2) is 0 Å². The van der Waals surface area contributed by atoms with Crippen molar-refractivity contribution in [2.75, 3.05) is 39.4 Å². The van der Waals surface area contributed by atoms with Crippen LogP contribution in [0.15, 0.2) is 45.8 Å². The lowest BCUT2D eigenvalue weighted by atomic mass is 10.2. The zero-order valence-electron chi connectivity index (χ0n) is 17.5. The first-order valence-corrected chi connectivity index (χ1v) is 11.5. The Hall–Kier alpha value is -2.62. The molecule has 1 saturated heterocycles. The van der Waals surface area contributed by atoms with E-state index in [4.69, 9.17) is 9.15 Å². The van der Waals surface area contributed by atoms with E-state index < -0.39 is 0 Å². The van der Waals surface area contributed by atoms with Gasteiger partial charge in [0.25, 0.3) is 0 Å². The summed E-state index contributed by atoms with van der Waals surface area (Å²) < 4.78 is 11.1. The highest BCUT2D eigenvalue weighted by Crippen LogP contribution is 2.21. The van der Waals surface area contributed by atoms with E-state index in [2.05, 4.69) is 20.1 Å². The lowest BCUT2D eigenvalue weighted by Gasteiger charge is -2.28. The highest BCUT2D eigenvalue weighted by molar-refractivity contribution is 7.08.